The summed E-state index contributed by atoms with van der Waals surface area (Å²) >= 11 is 0. The van der Waals surface area contributed by atoms with E-state index >= 15 is 0 Å². The Hall–Kier alpha value is -0.380. The highest BCUT2D eigenvalue weighted by molar-refractivity contribution is 5.08. The molecule has 1 heterocycles. The van der Waals surface area contributed by atoms with E-state index in [4.69, 9.17) is 9.47 Å². The quantitative estimate of drug-likeness (QED) is 0.619. The summed E-state index contributed by atoms with van der Waals surface area (Å²) in [6.45, 7) is 9.87. The van der Waals surface area contributed by atoms with Crippen LogP contribution in [0.15, 0.2) is 11.6 Å². The molecular weight excluding hydrogens is 228 g/mol. The molecule has 1 N–H and O–H groups in total. The van der Waals surface area contributed by atoms with Gasteiger partial charge < -0.3 is 14.6 Å². The standard InChI is InChI=1S/C15H26O3/c1-11(2)6-8-17-14(3,4)13-9-12(16)5-7-15(13)10-18-15/h6,12-13,16H,5,7-10H2,1-4H3. The maximum Gasteiger partial charge on any atom is 0.0973 e. The molecule has 3 nitrogen and oxygen atoms in total. The maximum absolute atomic E-state index is 9.89. The third-order valence-corrected chi connectivity index (χ3v) is 4.34. The number of rotatable bonds is 4. The Labute approximate surface area is 110 Å². The second kappa shape index (κ2) is 4.95. The molecule has 3 unspecified atom stereocenters. The van der Waals surface area contributed by atoms with Crippen molar-refractivity contribution in [1.82, 2.24) is 0 Å². The summed E-state index contributed by atoms with van der Waals surface area (Å²) in [6, 6.07) is 0. The van der Waals surface area contributed by atoms with Gasteiger partial charge in [-0.2, -0.15) is 0 Å². The van der Waals surface area contributed by atoms with E-state index < -0.39 is 0 Å². The Balaban J connectivity index is 2.00. The molecule has 1 saturated heterocycles. The molecule has 0 radical (unpaired) electrons. The van der Waals surface area contributed by atoms with E-state index in [1.54, 1.807) is 0 Å². The van der Waals surface area contributed by atoms with Crippen LogP contribution in [0.3, 0.4) is 0 Å². The summed E-state index contributed by atoms with van der Waals surface area (Å²) in [5.74, 6) is 0.291. The Morgan fingerprint density at radius 3 is 2.72 bits per heavy atom. The number of epoxide rings is 1. The third kappa shape index (κ3) is 2.95. The topological polar surface area (TPSA) is 42.0 Å². The zero-order valence-corrected chi connectivity index (χ0v) is 12.0. The van der Waals surface area contributed by atoms with Crippen LogP contribution in [-0.2, 0) is 9.47 Å². The van der Waals surface area contributed by atoms with Crippen LogP contribution in [0.1, 0.15) is 47.0 Å². The van der Waals surface area contributed by atoms with Crippen molar-refractivity contribution in [2.45, 2.75) is 64.3 Å². The Kier molecular flexibility index (Phi) is 3.86. The second-order valence-electron chi connectivity index (χ2n) is 6.53. The molecule has 0 aromatic rings. The zero-order chi connectivity index (χ0) is 13.4. The van der Waals surface area contributed by atoms with Crippen LogP contribution in [0.4, 0.5) is 0 Å². The molecule has 18 heavy (non-hydrogen) atoms. The summed E-state index contributed by atoms with van der Waals surface area (Å²) < 4.78 is 11.7. The Morgan fingerprint density at radius 2 is 2.17 bits per heavy atom. The van der Waals surface area contributed by atoms with Crippen molar-refractivity contribution in [2.75, 3.05) is 13.2 Å². The first-order chi connectivity index (χ1) is 8.36. The molecule has 1 spiro atoms. The SMILES string of the molecule is CC(C)=CCOC(C)(C)C1CC(O)CCC12CO2. The van der Waals surface area contributed by atoms with E-state index in [-0.39, 0.29) is 17.3 Å². The van der Waals surface area contributed by atoms with Crippen molar-refractivity contribution in [1.29, 1.82) is 0 Å². The average Bonchev–Trinajstić information content (AvgIpc) is 3.02. The number of aliphatic hydroxyl groups is 1. The smallest absolute Gasteiger partial charge is 0.0973 e. The summed E-state index contributed by atoms with van der Waals surface area (Å²) in [5, 5.41) is 9.89. The van der Waals surface area contributed by atoms with Crippen molar-refractivity contribution >= 4 is 0 Å². The lowest BCUT2D eigenvalue weighted by molar-refractivity contribution is -0.102. The van der Waals surface area contributed by atoms with E-state index in [1.807, 2.05) is 0 Å². The summed E-state index contributed by atoms with van der Waals surface area (Å²) in [6.07, 6.45) is 4.52. The minimum Gasteiger partial charge on any atom is -0.393 e. The lowest BCUT2D eigenvalue weighted by Gasteiger charge is -2.42. The molecule has 3 heteroatoms. The molecule has 104 valence electrons. The van der Waals surface area contributed by atoms with E-state index in [9.17, 15) is 5.11 Å². The van der Waals surface area contributed by atoms with Gasteiger partial charge in [-0.15, -0.1) is 0 Å². The van der Waals surface area contributed by atoms with Crippen LogP contribution in [0.2, 0.25) is 0 Å². The summed E-state index contributed by atoms with van der Waals surface area (Å²) in [4.78, 5) is 0. The fourth-order valence-corrected chi connectivity index (χ4v) is 3.07. The lowest BCUT2D eigenvalue weighted by atomic mass is 9.70. The number of hydrogen-bond donors (Lipinski definition) is 1. The lowest BCUT2D eigenvalue weighted by Crippen LogP contribution is -2.48. The van der Waals surface area contributed by atoms with Gasteiger partial charge in [0.05, 0.1) is 30.5 Å². The minimum absolute atomic E-state index is 0.00625. The van der Waals surface area contributed by atoms with Crippen molar-refractivity contribution in [3.8, 4) is 0 Å². The van der Waals surface area contributed by atoms with Crippen molar-refractivity contribution < 1.29 is 14.6 Å². The molecule has 1 saturated carbocycles. The van der Waals surface area contributed by atoms with Gasteiger partial charge in [0.25, 0.3) is 0 Å². The van der Waals surface area contributed by atoms with Gasteiger partial charge in [0, 0.05) is 5.92 Å². The van der Waals surface area contributed by atoms with E-state index in [0.29, 0.717) is 12.5 Å². The van der Waals surface area contributed by atoms with Crippen molar-refractivity contribution in [2.24, 2.45) is 5.92 Å². The van der Waals surface area contributed by atoms with Crippen LogP contribution >= 0.6 is 0 Å². The fraction of sp³-hybridized carbons (Fsp3) is 0.867. The normalized spacial score (nSPS) is 35.6. The van der Waals surface area contributed by atoms with Gasteiger partial charge in [0.1, 0.15) is 0 Å². The second-order valence-corrected chi connectivity index (χ2v) is 6.53. The highest BCUT2D eigenvalue weighted by atomic mass is 16.6. The predicted octanol–water partition coefficient (Wildman–Crippen LogP) is 2.68. The molecular formula is C15H26O3. The van der Waals surface area contributed by atoms with E-state index in [2.05, 4.69) is 33.8 Å². The molecule has 1 aliphatic carbocycles. The van der Waals surface area contributed by atoms with Crippen LogP contribution < -0.4 is 0 Å². The number of ether oxygens (including phenoxy) is 2. The average molecular weight is 254 g/mol. The molecule has 1 aliphatic heterocycles. The minimum atomic E-state index is -0.246. The maximum atomic E-state index is 9.89. The van der Waals surface area contributed by atoms with Gasteiger partial charge in [-0.25, -0.2) is 0 Å². The molecule has 0 bridgehead atoms. The fourth-order valence-electron chi connectivity index (χ4n) is 3.07. The van der Waals surface area contributed by atoms with E-state index in [0.717, 1.165) is 25.9 Å². The first-order valence-electron chi connectivity index (χ1n) is 6.95. The van der Waals surface area contributed by atoms with Gasteiger partial charge in [0.15, 0.2) is 0 Å². The van der Waals surface area contributed by atoms with Crippen molar-refractivity contribution in [3.63, 3.8) is 0 Å². The van der Waals surface area contributed by atoms with Crippen molar-refractivity contribution in [3.05, 3.63) is 11.6 Å². The van der Waals surface area contributed by atoms with Gasteiger partial charge in [-0.3, -0.25) is 0 Å². The molecule has 2 rings (SSSR count). The Morgan fingerprint density at radius 1 is 1.50 bits per heavy atom. The predicted molar refractivity (Wildman–Crippen MR) is 71.5 cm³/mol. The molecule has 0 aromatic heterocycles. The highest BCUT2D eigenvalue weighted by Gasteiger charge is 2.59. The van der Waals surface area contributed by atoms with Gasteiger partial charge >= 0.3 is 0 Å². The Bertz CT molecular complexity index is 325. The van der Waals surface area contributed by atoms with E-state index in [1.165, 1.54) is 5.57 Å². The molecule has 2 aliphatic rings. The monoisotopic (exact) mass is 254 g/mol. The van der Waals surface area contributed by atoms with Gasteiger partial charge in [-0.1, -0.05) is 11.6 Å². The largest absolute Gasteiger partial charge is 0.393 e. The van der Waals surface area contributed by atoms with Crippen LogP contribution in [0, 0.1) is 5.92 Å². The number of hydrogen-bond acceptors (Lipinski definition) is 3. The van der Waals surface area contributed by atoms with Crippen LogP contribution in [-0.4, -0.2) is 35.6 Å². The molecule has 0 amide bonds. The van der Waals surface area contributed by atoms with Crippen LogP contribution in [0.5, 0.6) is 0 Å². The summed E-state index contributed by atoms with van der Waals surface area (Å²) in [7, 11) is 0. The van der Waals surface area contributed by atoms with Gasteiger partial charge in [0.2, 0.25) is 0 Å². The number of allylic oxidation sites excluding steroid dienone is 1. The first-order valence-corrected chi connectivity index (χ1v) is 6.95. The first kappa shape index (κ1) is 14.0. The molecule has 3 atom stereocenters. The third-order valence-electron chi connectivity index (χ3n) is 4.34. The summed E-state index contributed by atoms with van der Waals surface area (Å²) in [5.41, 5.74) is 1.02. The zero-order valence-electron chi connectivity index (χ0n) is 12.0. The van der Waals surface area contributed by atoms with Gasteiger partial charge in [-0.05, 0) is 47.0 Å². The highest BCUT2D eigenvalue weighted by Crippen LogP contribution is 2.51. The number of aliphatic hydroxyl groups excluding tert-OH is 1. The molecule has 2 fully saturated rings. The molecule has 0 aromatic carbocycles. The van der Waals surface area contributed by atoms with Crippen LogP contribution in [0.25, 0.3) is 0 Å².